The third-order valence-electron chi connectivity index (χ3n) is 2.12. The van der Waals surface area contributed by atoms with E-state index in [0.29, 0.717) is 0 Å². The Morgan fingerprint density at radius 2 is 1.88 bits per heavy atom. The van der Waals surface area contributed by atoms with Crippen LogP contribution in [-0.4, -0.2) is 19.8 Å². The van der Waals surface area contributed by atoms with Crippen LogP contribution in [0.2, 0.25) is 0 Å². The van der Waals surface area contributed by atoms with E-state index in [1.807, 2.05) is 0 Å². The number of non-ortho nitro benzene ring substituents is 2. The van der Waals surface area contributed by atoms with Crippen molar-refractivity contribution in [2.24, 2.45) is 0 Å². The number of nitrogens with zero attached hydrogens (tertiary/aromatic N) is 3. The highest BCUT2D eigenvalue weighted by Gasteiger charge is 2.22. The summed E-state index contributed by atoms with van der Waals surface area (Å²) in [6.45, 7) is 0. The Morgan fingerprint density at radius 3 is 2.47 bits per heavy atom. The van der Waals surface area contributed by atoms with E-state index in [4.69, 9.17) is 0 Å². The smallest absolute Gasteiger partial charge is 0.291 e. The highest BCUT2D eigenvalue weighted by atomic mass is 16.6. The second-order valence-corrected chi connectivity index (χ2v) is 3.10. The predicted molar refractivity (Wildman–Crippen MR) is 55.7 cm³/mol. The quantitative estimate of drug-likeness (QED) is 0.603. The number of H-pyrrole nitrogens is 1. The van der Waals surface area contributed by atoms with Gasteiger partial charge >= 0.3 is 0 Å². The van der Waals surface area contributed by atoms with Crippen LogP contribution in [0.1, 0.15) is 0 Å². The number of aromatic nitrogens is 2. The van der Waals surface area contributed by atoms with Crippen LogP contribution >= 0.6 is 0 Å². The predicted octanol–water partition coefficient (Wildman–Crippen LogP) is 0.739. The molecule has 1 heterocycles. The van der Waals surface area contributed by atoms with Crippen molar-refractivity contribution in [3.8, 4) is 0 Å². The zero-order valence-electron chi connectivity index (χ0n) is 8.11. The summed E-state index contributed by atoms with van der Waals surface area (Å²) >= 11 is 0. The molecule has 2 rings (SSSR count). The van der Waals surface area contributed by atoms with Crippen molar-refractivity contribution in [3.05, 3.63) is 49.0 Å². The van der Waals surface area contributed by atoms with Crippen LogP contribution < -0.4 is 5.56 Å². The Bertz CT molecular complexity index is 692. The number of nitrogens with one attached hydrogen (secondary N) is 1. The lowest BCUT2D eigenvalue weighted by Crippen LogP contribution is -2.09. The van der Waals surface area contributed by atoms with E-state index < -0.39 is 26.8 Å². The highest BCUT2D eigenvalue weighted by Crippen LogP contribution is 2.26. The molecule has 17 heavy (non-hydrogen) atoms. The second-order valence-electron chi connectivity index (χ2n) is 3.10. The van der Waals surface area contributed by atoms with E-state index in [1.165, 1.54) is 0 Å². The van der Waals surface area contributed by atoms with Gasteiger partial charge in [-0.25, -0.2) is 4.98 Å². The van der Waals surface area contributed by atoms with Crippen molar-refractivity contribution in [1.82, 2.24) is 9.97 Å². The minimum absolute atomic E-state index is 0.0883. The van der Waals surface area contributed by atoms with Crippen molar-refractivity contribution < 1.29 is 9.85 Å². The van der Waals surface area contributed by atoms with Crippen molar-refractivity contribution in [2.75, 3.05) is 0 Å². The summed E-state index contributed by atoms with van der Waals surface area (Å²) in [6.07, 6.45) is 1.03. The number of nitro benzene ring substituents is 2. The van der Waals surface area contributed by atoms with Crippen molar-refractivity contribution in [2.45, 2.75) is 0 Å². The number of fused-ring (bicyclic) bond motifs is 1. The fourth-order valence-electron chi connectivity index (χ4n) is 1.41. The maximum absolute atomic E-state index is 11.4. The summed E-state index contributed by atoms with van der Waals surface area (Å²) in [5, 5.41) is 21.0. The Balaban J connectivity index is 2.96. The van der Waals surface area contributed by atoms with Crippen molar-refractivity contribution in [3.63, 3.8) is 0 Å². The van der Waals surface area contributed by atoms with Gasteiger partial charge in [-0.05, 0) is 0 Å². The zero-order valence-corrected chi connectivity index (χ0v) is 8.11. The number of nitro groups is 2. The van der Waals surface area contributed by atoms with Gasteiger partial charge in [-0.15, -0.1) is 0 Å². The molecule has 0 saturated carbocycles. The molecule has 0 aliphatic rings. The van der Waals surface area contributed by atoms with Gasteiger partial charge in [-0.1, -0.05) is 0 Å². The second kappa shape index (κ2) is 3.63. The first kappa shape index (κ1) is 10.7. The molecule has 1 aromatic carbocycles. The summed E-state index contributed by atoms with van der Waals surface area (Å²) in [5.41, 5.74) is -1.92. The van der Waals surface area contributed by atoms with Gasteiger partial charge in [-0.3, -0.25) is 25.0 Å². The molecule has 0 radical (unpaired) electrons. The molecule has 1 aromatic heterocycles. The molecular weight excluding hydrogens is 232 g/mol. The molecule has 0 unspecified atom stereocenters. The van der Waals surface area contributed by atoms with E-state index in [1.54, 1.807) is 0 Å². The van der Waals surface area contributed by atoms with E-state index in [-0.39, 0.29) is 10.9 Å². The lowest BCUT2D eigenvalue weighted by atomic mass is 10.2. The zero-order chi connectivity index (χ0) is 12.6. The van der Waals surface area contributed by atoms with Gasteiger partial charge in [0.1, 0.15) is 5.39 Å². The molecule has 0 aliphatic carbocycles. The van der Waals surface area contributed by atoms with Crippen LogP contribution in [0.25, 0.3) is 10.9 Å². The van der Waals surface area contributed by atoms with E-state index in [9.17, 15) is 25.0 Å². The Labute approximate surface area is 92.0 Å². The summed E-state index contributed by atoms with van der Waals surface area (Å²) < 4.78 is 0. The van der Waals surface area contributed by atoms with Gasteiger partial charge in [0.15, 0.2) is 0 Å². The maximum Gasteiger partial charge on any atom is 0.291 e. The van der Waals surface area contributed by atoms with Gasteiger partial charge in [-0.2, -0.15) is 0 Å². The van der Waals surface area contributed by atoms with E-state index in [2.05, 4.69) is 9.97 Å². The SMILES string of the molecule is O=c1[nH]cnc2cc([N+](=O)[O-])cc([N+](=O)[O-])c12. The monoisotopic (exact) mass is 236 g/mol. The molecule has 1 N–H and O–H groups in total. The van der Waals surface area contributed by atoms with Crippen LogP contribution in [0.15, 0.2) is 23.3 Å². The highest BCUT2D eigenvalue weighted by molar-refractivity contribution is 5.89. The van der Waals surface area contributed by atoms with Gasteiger partial charge in [0.25, 0.3) is 16.9 Å². The number of aromatic amines is 1. The summed E-state index contributed by atoms with van der Waals surface area (Å²) in [4.78, 5) is 36.9. The number of benzene rings is 1. The third kappa shape index (κ3) is 1.69. The summed E-state index contributed by atoms with van der Waals surface area (Å²) in [6, 6.07) is 1.75. The molecule has 0 atom stereocenters. The molecule has 86 valence electrons. The Hall–Kier alpha value is -2.84. The minimum atomic E-state index is -0.855. The molecule has 0 amide bonds. The molecule has 0 spiro atoms. The van der Waals surface area contributed by atoms with Crippen molar-refractivity contribution in [1.29, 1.82) is 0 Å². The molecule has 9 heteroatoms. The molecule has 0 bridgehead atoms. The number of hydrogen-bond acceptors (Lipinski definition) is 6. The van der Waals surface area contributed by atoms with Gasteiger partial charge in [0.05, 0.1) is 27.8 Å². The van der Waals surface area contributed by atoms with Gasteiger partial charge in [0, 0.05) is 6.07 Å². The molecular formula is C8H4N4O5. The first-order chi connectivity index (χ1) is 8.00. The minimum Gasteiger partial charge on any atom is -0.312 e. The largest absolute Gasteiger partial charge is 0.312 e. The molecule has 0 saturated heterocycles. The average molecular weight is 236 g/mol. The Morgan fingerprint density at radius 1 is 1.18 bits per heavy atom. The fourth-order valence-corrected chi connectivity index (χ4v) is 1.41. The van der Waals surface area contributed by atoms with Gasteiger partial charge < -0.3 is 4.98 Å². The normalized spacial score (nSPS) is 10.4. The third-order valence-corrected chi connectivity index (χ3v) is 2.12. The average Bonchev–Trinajstić information content (AvgIpc) is 2.27. The van der Waals surface area contributed by atoms with E-state index >= 15 is 0 Å². The van der Waals surface area contributed by atoms with Gasteiger partial charge in [0.2, 0.25) is 0 Å². The lowest BCUT2D eigenvalue weighted by Gasteiger charge is -1.98. The molecule has 0 fully saturated rings. The van der Waals surface area contributed by atoms with Crippen molar-refractivity contribution >= 4 is 22.3 Å². The topological polar surface area (TPSA) is 132 Å². The number of hydrogen-bond donors (Lipinski definition) is 1. The first-order valence-corrected chi connectivity index (χ1v) is 4.31. The van der Waals surface area contributed by atoms with Crippen LogP contribution in [0.5, 0.6) is 0 Å². The summed E-state index contributed by atoms with van der Waals surface area (Å²) in [5.74, 6) is 0. The van der Waals surface area contributed by atoms with E-state index in [0.717, 1.165) is 18.5 Å². The standard InChI is InChI=1S/C8H4N4O5/c13-8-7-5(9-3-10-8)1-4(11(14)15)2-6(7)12(16)17/h1-3H,(H,9,10,13). The Kier molecular flexibility index (Phi) is 2.28. The van der Waals surface area contributed by atoms with Crippen LogP contribution in [-0.2, 0) is 0 Å². The number of rotatable bonds is 2. The molecule has 0 aliphatic heterocycles. The molecule has 9 nitrogen and oxygen atoms in total. The molecule has 2 aromatic rings. The van der Waals surface area contributed by atoms with Crippen LogP contribution in [0, 0.1) is 20.2 Å². The lowest BCUT2D eigenvalue weighted by molar-refractivity contribution is -0.393. The van der Waals surface area contributed by atoms with Crippen LogP contribution in [0.4, 0.5) is 11.4 Å². The maximum atomic E-state index is 11.4. The fraction of sp³-hybridized carbons (Fsp3) is 0. The first-order valence-electron chi connectivity index (χ1n) is 4.31. The summed E-state index contributed by atoms with van der Waals surface area (Å²) in [7, 11) is 0. The van der Waals surface area contributed by atoms with Crippen LogP contribution in [0.3, 0.4) is 0 Å².